The maximum absolute atomic E-state index is 6.01. The van der Waals surface area contributed by atoms with Gasteiger partial charge in [0.05, 0.1) is 7.11 Å². The quantitative estimate of drug-likeness (QED) is 0.378. The van der Waals surface area contributed by atoms with E-state index in [0.717, 1.165) is 33.8 Å². The minimum absolute atomic E-state index is 0.366. The normalized spacial score (nSPS) is 10.7. The van der Waals surface area contributed by atoms with Crippen LogP contribution in [0.1, 0.15) is 22.5 Å². The minimum Gasteiger partial charge on any atom is -0.497 e. The second-order valence-electron chi connectivity index (χ2n) is 6.50. The summed E-state index contributed by atoms with van der Waals surface area (Å²) in [6, 6.07) is 14.2. The fourth-order valence-corrected chi connectivity index (χ4v) is 3.67. The molecule has 2 aromatic carbocycles. The maximum Gasteiger partial charge on any atom is 0.191 e. The van der Waals surface area contributed by atoms with Crippen molar-refractivity contribution in [3.8, 4) is 11.5 Å². The highest BCUT2D eigenvalue weighted by Crippen LogP contribution is 2.25. The second-order valence-corrected chi connectivity index (χ2v) is 7.44. The van der Waals surface area contributed by atoms with Gasteiger partial charge >= 0.3 is 0 Å². The highest BCUT2D eigenvalue weighted by atomic mass is 32.2. The third kappa shape index (κ3) is 4.95. The van der Waals surface area contributed by atoms with E-state index in [4.69, 9.17) is 9.47 Å². The van der Waals surface area contributed by atoms with Crippen LogP contribution in [-0.4, -0.2) is 21.9 Å². The summed E-state index contributed by atoms with van der Waals surface area (Å²) in [4.78, 5) is 0. The lowest BCUT2D eigenvalue weighted by Crippen LogP contribution is -2.08. The molecule has 0 bridgehead atoms. The fourth-order valence-electron chi connectivity index (χ4n) is 2.76. The summed E-state index contributed by atoms with van der Waals surface area (Å²) in [6.07, 6.45) is 1.85. The number of aromatic nitrogens is 3. The van der Waals surface area contributed by atoms with Gasteiger partial charge in [0.25, 0.3) is 0 Å². The lowest BCUT2D eigenvalue weighted by Gasteiger charge is -2.11. The summed E-state index contributed by atoms with van der Waals surface area (Å²) in [5.41, 5.74) is 3.45. The zero-order valence-electron chi connectivity index (χ0n) is 16.5. The molecule has 0 aliphatic heterocycles. The maximum atomic E-state index is 6.01. The molecule has 1 aromatic heterocycles. The van der Waals surface area contributed by atoms with Crippen molar-refractivity contribution in [2.45, 2.75) is 37.9 Å². The molecular weight excluding hydrogens is 370 g/mol. The molecule has 146 valence electrons. The second kappa shape index (κ2) is 9.46. The molecule has 0 aliphatic rings. The Morgan fingerprint density at radius 2 is 2.00 bits per heavy atom. The van der Waals surface area contributed by atoms with Crippen LogP contribution in [-0.2, 0) is 18.9 Å². The molecule has 0 radical (unpaired) electrons. The van der Waals surface area contributed by atoms with E-state index in [1.54, 1.807) is 18.9 Å². The Morgan fingerprint density at radius 3 is 2.79 bits per heavy atom. The van der Waals surface area contributed by atoms with Crippen molar-refractivity contribution in [2.24, 2.45) is 0 Å². The van der Waals surface area contributed by atoms with Gasteiger partial charge in [-0.1, -0.05) is 42.1 Å². The summed E-state index contributed by atoms with van der Waals surface area (Å²) in [5, 5.41) is 9.55. The number of allylic oxidation sites excluding steroid dienone is 1. The average Bonchev–Trinajstić information content (AvgIpc) is 3.09. The first kappa shape index (κ1) is 20.0. The van der Waals surface area contributed by atoms with E-state index in [2.05, 4.69) is 41.9 Å². The average molecular weight is 396 g/mol. The number of ether oxygens (including phenoxy) is 2. The van der Waals surface area contributed by atoms with Crippen molar-refractivity contribution >= 4 is 11.8 Å². The topological polar surface area (TPSA) is 49.2 Å². The number of rotatable bonds is 9. The van der Waals surface area contributed by atoms with Gasteiger partial charge in [0.1, 0.15) is 18.1 Å². The first-order valence-electron chi connectivity index (χ1n) is 9.09. The zero-order valence-corrected chi connectivity index (χ0v) is 17.3. The van der Waals surface area contributed by atoms with E-state index in [1.807, 2.05) is 41.8 Å². The Bertz CT molecular complexity index is 953. The van der Waals surface area contributed by atoms with E-state index in [-0.39, 0.29) is 0 Å². The van der Waals surface area contributed by atoms with Gasteiger partial charge in [-0.25, -0.2) is 0 Å². The number of benzene rings is 2. The molecule has 0 spiro atoms. The molecule has 3 aromatic rings. The van der Waals surface area contributed by atoms with Crippen LogP contribution in [0.5, 0.6) is 11.5 Å². The third-order valence-corrected chi connectivity index (χ3v) is 5.35. The van der Waals surface area contributed by atoms with Crippen LogP contribution in [0.25, 0.3) is 0 Å². The van der Waals surface area contributed by atoms with Crippen molar-refractivity contribution in [2.75, 3.05) is 7.11 Å². The number of methoxy groups -OCH3 is 1. The van der Waals surface area contributed by atoms with Crippen molar-refractivity contribution in [1.82, 2.24) is 14.8 Å². The Balaban J connectivity index is 1.71. The first-order valence-corrected chi connectivity index (χ1v) is 10.1. The van der Waals surface area contributed by atoms with Crippen molar-refractivity contribution < 1.29 is 9.47 Å². The molecule has 0 saturated heterocycles. The van der Waals surface area contributed by atoms with Gasteiger partial charge in [0.2, 0.25) is 0 Å². The molecule has 0 atom stereocenters. The summed E-state index contributed by atoms with van der Waals surface area (Å²) >= 11 is 1.64. The highest BCUT2D eigenvalue weighted by molar-refractivity contribution is 7.98. The Hall–Kier alpha value is -2.73. The SMILES string of the molecule is C=CCn1c(COc2cc(C)ccc2C)nnc1SCc1cccc(OC)c1. The Morgan fingerprint density at radius 1 is 1.14 bits per heavy atom. The zero-order chi connectivity index (χ0) is 19.9. The van der Waals surface area contributed by atoms with E-state index in [0.29, 0.717) is 13.2 Å². The molecule has 3 rings (SSSR count). The summed E-state index contributed by atoms with van der Waals surface area (Å²) in [5.74, 6) is 3.30. The third-order valence-electron chi connectivity index (χ3n) is 4.31. The number of thioether (sulfide) groups is 1. The van der Waals surface area contributed by atoms with Gasteiger partial charge in [-0.15, -0.1) is 16.8 Å². The number of aryl methyl sites for hydroxylation is 2. The Kier molecular flexibility index (Phi) is 6.76. The molecule has 5 nitrogen and oxygen atoms in total. The van der Waals surface area contributed by atoms with Crippen LogP contribution in [0.4, 0.5) is 0 Å². The molecule has 0 fully saturated rings. The van der Waals surface area contributed by atoms with Crippen molar-refractivity contribution in [1.29, 1.82) is 0 Å². The molecule has 0 unspecified atom stereocenters. The van der Waals surface area contributed by atoms with E-state index >= 15 is 0 Å². The highest BCUT2D eigenvalue weighted by Gasteiger charge is 2.13. The molecule has 0 amide bonds. The minimum atomic E-state index is 0.366. The van der Waals surface area contributed by atoms with Gasteiger partial charge in [0.15, 0.2) is 11.0 Å². The predicted octanol–water partition coefficient (Wildman–Crippen LogP) is 4.96. The van der Waals surface area contributed by atoms with Crippen LogP contribution in [0.3, 0.4) is 0 Å². The smallest absolute Gasteiger partial charge is 0.191 e. The van der Waals surface area contributed by atoms with Gasteiger partial charge in [-0.05, 0) is 48.7 Å². The molecule has 0 saturated carbocycles. The largest absolute Gasteiger partial charge is 0.497 e. The Labute approximate surface area is 170 Å². The van der Waals surface area contributed by atoms with Crippen molar-refractivity contribution in [3.63, 3.8) is 0 Å². The molecule has 6 heteroatoms. The standard InChI is InChI=1S/C22H25N3O2S/c1-5-11-25-21(14-27-20-12-16(2)9-10-17(20)3)23-24-22(25)28-15-18-7-6-8-19(13-18)26-4/h5-10,12-13H,1,11,14-15H2,2-4H3. The monoisotopic (exact) mass is 395 g/mol. The van der Waals surface area contributed by atoms with Crippen LogP contribution in [0.15, 0.2) is 60.3 Å². The molecule has 1 heterocycles. The van der Waals surface area contributed by atoms with Gasteiger partial charge < -0.3 is 9.47 Å². The lowest BCUT2D eigenvalue weighted by atomic mass is 10.1. The molecule has 0 N–H and O–H groups in total. The molecular formula is C22H25N3O2S. The van der Waals surface area contributed by atoms with Gasteiger partial charge in [0, 0.05) is 12.3 Å². The first-order chi connectivity index (χ1) is 13.6. The van der Waals surface area contributed by atoms with Crippen LogP contribution >= 0.6 is 11.8 Å². The van der Waals surface area contributed by atoms with Gasteiger partial charge in [-0.2, -0.15) is 0 Å². The van der Waals surface area contributed by atoms with Crippen molar-refractivity contribution in [3.05, 3.63) is 77.6 Å². The lowest BCUT2D eigenvalue weighted by molar-refractivity contribution is 0.287. The van der Waals surface area contributed by atoms with E-state index < -0.39 is 0 Å². The van der Waals surface area contributed by atoms with E-state index in [1.165, 1.54) is 11.1 Å². The van der Waals surface area contributed by atoms with Crippen LogP contribution < -0.4 is 9.47 Å². The number of hydrogen-bond donors (Lipinski definition) is 0. The van der Waals surface area contributed by atoms with E-state index in [9.17, 15) is 0 Å². The predicted molar refractivity (Wildman–Crippen MR) is 113 cm³/mol. The summed E-state index contributed by atoms with van der Waals surface area (Å²) in [7, 11) is 1.68. The van der Waals surface area contributed by atoms with Crippen LogP contribution in [0.2, 0.25) is 0 Å². The van der Waals surface area contributed by atoms with Crippen LogP contribution in [0, 0.1) is 13.8 Å². The number of nitrogens with zero attached hydrogens (tertiary/aromatic N) is 3. The summed E-state index contributed by atoms with van der Waals surface area (Å²) < 4.78 is 13.4. The summed E-state index contributed by atoms with van der Waals surface area (Å²) in [6.45, 7) is 8.96. The number of hydrogen-bond acceptors (Lipinski definition) is 5. The molecule has 28 heavy (non-hydrogen) atoms. The molecule has 0 aliphatic carbocycles. The fraction of sp³-hybridized carbons (Fsp3) is 0.273. The van der Waals surface area contributed by atoms with Gasteiger partial charge in [-0.3, -0.25) is 4.57 Å².